The van der Waals surface area contributed by atoms with Gasteiger partial charge in [-0.1, -0.05) is 29.8 Å². The normalized spacial score (nSPS) is 12.3. The molecule has 11 heteroatoms. The SMILES string of the molecule is Nc1ccc(Cl)c(F)c1-c1ccc(C(Cc2ccc(F)cc2)n2cc(-c3ccnn3C(F)F)cn2)nc1. The van der Waals surface area contributed by atoms with Crippen molar-refractivity contribution in [1.29, 1.82) is 0 Å². The quantitative estimate of drug-likeness (QED) is 0.193. The summed E-state index contributed by atoms with van der Waals surface area (Å²) < 4.78 is 57.0. The van der Waals surface area contributed by atoms with E-state index in [1.807, 2.05) is 0 Å². The summed E-state index contributed by atoms with van der Waals surface area (Å²) >= 11 is 5.93. The molecule has 0 saturated heterocycles. The zero-order valence-corrected chi connectivity index (χ0v) is 19.8. The first-order valence-electron chi connectivity index (χ1n) is 11.1. The van der Waals surface area contributed by atoms with Gasteiger partial charge < -0.3 is 5.73 Å². The van der Waals surface area contributed by atoms with Crippen LogP contribution in [0.5, 0.6) is 0 Å². The van der Waals surface area contributed by atoms with Crippen molar-refractivity contribution in [2.45, 2.75) is 19.0 Å². The predicted octanol–water partition coefficient (Wildman–Crippen LogP) is 6.55. The van der Waals surface area contributed by atoms with Crippen LogP contribution in [0.4, 0.5) is 23.2 Å². The van der Waals surface area contributed by atoms with Crippen LogP contribution >= 0.6 is 11.6 Å². The Labute approximate surface area is 213 Å². The van der Waals surface area contributed by atoms with Crippen molar-refractivity contribution in [2.75, 3.05) is 5.73 Å². The van der Waals surface area contributed by atoms with Gasteiger partial charge in [-0.2, -0.15) is 19.0 Å². The standard InChI is InChI=1S/C26H19ClF4N6/c27-19-6-7-20(32)24(25(19)29)16-3-8-21(33-12-16)23(11-15-1-4-18(28)5-2-15)36-14-17(13-35-36)22-9-10-34-37(22)26(30)31/h1-10,12-14,23,26H,11,32H2. The lowest BCUT2D eigenvalue weighted by Crippen LogP contribution is -2.15. The molecule has 2 N–H and O–H groups in total. The molecular formula is C26H19ClF4N6. The van der Waals surface area contributed by atoms with Crippen molar-refractivity contribution < 1.29 is 17.6 Å². The monoisotopic (exact) mass is 526 g/mol. The lowest BCUT2D eigenvalue weighted by atomic mass is 10.0. The van der Waals surface area contributed by atoms with Gasteiger partial charge in [-0.3, -0.25) is 9.67 Å². The minimum Gasteiger partial charge on any atom is -0.398 e. The van der Waals surface area contributed by atoms with Gasteiger partial charge in [-0.15, -0.1) is 0 Å². The van der Waals surface area contributed by atoms with Gasteiger partial charge in [0, 0.05) is 47.4 Å². The summed E-state index contributed by atoms with van der Waals surface area (Å²) in [7, 11) is 0. The van der Waals surface area contributed by atoms with E-state index >= 15 is 0 Å². The van der Waals surface area contributed by atoms with E-state index in [1.165, 1.54) is 48.9 Å². The third-order valence-electron chi connectivity index (χ3n) is 5.96. The first-order valence-corrected chi connectivity index (χ1v) is 11.5. The smallest absolute Gasteiger partial charge is 0.333 e. The van der Waals surface area contributed by atoms with Crippen molar-refractivity contribution in [3.05, 3.63) is 107 Å². The molecule has 0 aliphatic heterocycles. The number of rotatable bonds is 7. The summed E-state index contributed by atoms with van der Waals surface area (Å²) in [4.78, 5) is 4.54. The average Bonchev–Trinajstić information content (AvgIpc) is 3.57. The highest BCUT2D eigenvalue weighted by Crippen LogP contribution is 2.34. The number of nitrogen functional groups attached to an aromatic ring is 1. The van der Waals surface area contributed by atoms with Crippen molar-refractivity contribution in [3.8, 4) is 22.4 Å². The van der Waals surface area contributed by atoms with Crippen molar-refractivity contribution in [1.82, 2.24) is 24.5 Å². The molecule has 5 rings (SSSR count). The van der Waals surface area contributed by atoms with Crippen molar-refractivity contribution in [3.63, 3.8) is 0 Å². The number of anilines is 1. The number of halogens is 5. The molecule has 6 nitrogen and oxygen atoms in total. The molecule has 3 heterocycles. The number of hydrogen-bond donors (Lipinski definition) is 1. The van der Waals surface area contributed by atoms with Crippen LogP contribution in [0.1, 0.15) is 23.8 Å². The summed E-state index contributed by atoms with van der Waals surface area (Å²) in [5, 5.41) is 8.01. The Balaban J connectivity index is 1.53. The first kappa shape index (κ1) is 24.5. The highest BCUT2D eigenvalue weighted by atomic mass is 35.5. The first-order chi connectivity index (χ1) is 17.8. The number of benzene rings is 2. The molecule has 3 aromatic heterocycles. The van der Waals surface area contributed by atoms with Crippen LogP contribution < -0.4 is 5.73 Å². The molecule has 0 bridgehead atoms. The second-order valence-corrected chi connectivity index (χ2v) is 8.70. The molecule has 37 heavy (non-hydrogen) atoms. The molecule has 0 amide bonds. The van der Waals surface area contributed by atoms with E-state index < -0.39 is 18.4 Å². The van der Waals surface area contributed by atoms with Gasteiger partial charge in [0.1, 0.15) is 5.82 Å². The van der Waals surface area contributed by atoms with Crippen LogP contribution in [0, 0.1) is 11.6 Å². The predicted molar refractivity (Wildman–Crippen MR) is 132 cm³/mol. The van der Waals surface area contributed by atoms with E-state index in [2.05, 4.69) is 15.2 Å². The van der Waals surface area contributed by atoms with Gasteiger partial charge in [0.2, 0.25) is 0 Å². The van der Waals surface area contributed by atoms with Crippen molar-refractivity contribution in [2.24, 2.45) is 0 Å². The molecule has 0 aliphatic rings. The highest BCUT2D eigenvalue weighted by molar-refractivity contribution is 6.31. The molecule has 0 saturated carbocycles. The molecule has 2 aromatic carbocycles. The molecule has 1 unspecified atom stereocenters. The summed E-state index contributed by atoms with van der Waals surface area (Å²) in [6, 6.07) is 13.2. The maximum Gasteiger partial charge on any atom is 0.333 e. The number of alkyl halides is 2. The van der Waals surface area contributed by atoms with Crippen LogP contribution in [0.2, 0.25) is 5.02 Å². The van der Waals surface area contributed by atoms with Crippen LogP contribution in [0.25, 0.3) is 22.4 Å². The Hall–Kier alpha value is -4.18. The molecule has 188 valence electrons. The van der Waals surface area contributed by atoms with Gasteiger partial charge in [0.25, 0.3) is 0 Å². The van der Waals surface area contributed by atoms with Gasteiger partial charge in [-0.05, 0) is 42.0 Å². The minimum atomic E-state index is -2.81. The average molecular weight is 527 g/mol. The molecule has 0 spiro atoms. The van der Waals surface area contributed by atoms with E-state index in [4.69, 9.17) is 17.3 Å². The molecule has 0 radical (unpaired) electrons. The van der Waals surface area contributed by atoms with Crippen molar-refractivity contribution >= 4 is 17.3 Å². The van der Waals surface area contributed by atoms with Crippen LogP contribution in [0.3, 0.4) is 0 Å². The minimum absolute atomic E-state index is 0.0606. The lowest BCUT2D eigenvalue weighted by molar-refractivity contribution is 0.0585. The van der Waals surface area contributed by atoms with E-state index in [9.17, 15) is 17.6 Å². The van der Waals surface area contributed by atoms with E-state index in [1.54, 1.807) is 35.1 Å². The van der Waals surface area contributed by atoms with Gasteiger partial charge in [0.05, 0.1) is 28.6 Å². The Morgan fingerprint density at radius 3 is 2.38 bits per heavy atom. The molecule has 0 aliphatic carbocycles. The fourth-order valence-corrected chi connectivity index (χ4v) is 4.28. The van der Waals surface area contributed by atoms with Crippen LogP contribution in [-0.4, -0.2) is 24.5 Å². The number of pyridine rings is 1. The maximum absolute atomic E-state index is 14.7. The Bertz CT molecular complexity index is 1530. The Morgan fingerprint density at radius 2 is 1.68 bits per heavy atom. The van der Waals surface area contributed by atoms with Gasteiger partial charge >= 0.3 is 6.55 Å². The third kappa shape index (κ3) is 4.92. The summed E-state index contributed by atoms with van der Waals surface area (Å²) in [6.07, 6.45) is 6.22. The van der Waals surface area contributed by atoms with Crippen LogP contribution in [-0.2, 0) is 6.42 Å². The number of nitrogens with two attached hydrogens (primary N) is 1. The van der Waals surface area contributed by atoms with Gasteiger partial charge in [0.15, 0.2) is 5.82 Å². The largest absolute Gasteiger partial charge is 0.398 e. The zero-order chi connectivity index (χ0) is 26.1. The summed E-state index contributed by atoms with van der Waals surface area (Å²) in [5.41, 5.74) is 8.77. The fourth-order valence-electron chi connectivity index (χ4n) is 4.13. The zero-order valence-electron chi connectivity index (χ0n) is 19.1. The summed E-state index contributed by atoms with van der Waals surface area (Å²) in [6.45, 7) is -2.81. The van der Waals surface area contributed by atoms with E-state index in [0.717, 1.165) is 5.56 Å². The lowest BCUT2D eigenvalue weighted by Gasteiger charge is -2.18. The van der Waals surface area contributed by atoms with Crippen LogP contribution in [0.15, 0.2) is 79.4 Å². The number of hydrogen-bond acceptors (Lipinski definition) is 4. The van der Waals surface area contributed by atoms with E-state index in [-0.39, 0.29) is 27.8 Å². The summed E-state index contributed by atoms with van der Waals surface area (Å²) in [5.74, 6) is -1.02. The second kappa shape index (κ2) is 10.1. The molecule has 0 fully saturated rings. The molecular weight excluding hydrogens is 508 g/mol. The third-order valence-corrected chi connectivity index (χ3v) is 6.25. The number of nitrogens with zero attached hydrogens (tertiary/aromatic N) is 5. The molecule has 1 atom stereocenters. The number of aromatic nitrogens is 5. The second-order valence-electron chi connectivity index (χ2n) is 8.29. The molecule has 5 aromatic rings. The maximum atomic E-state index is 14.7. The van der Waals surface area contributed by atoms with Gasteiger partial charge in [-0.25, -0.2) is 13.5 Å². The Morgan fingerprint density at radius 1 is 0.892 bits per heavy atom. The fraction of sp³-hybridized carbons (Fsp3) is 0.115. The van der Waals surface area contributed by atoms with E-state index in [0.29, 0.717) is 27.9 Å². The highest BCUT2D eigenvalue weighted by Gasteiger charge is 2.21. The topological polar surface area (TPSA) is 74.6 Å². The Kier molecular flexibility index (Phi) is 6.66.